The van der Waals surface area contributed by atoms with Crippen LogP contribution < -0.4 is 5.32 Å². The Kier molecular flexibility index (Phi) is 3.57. The SMILES string of the molecule is CC1=CC(=Nc2ccc3[nH]c(-c4ccc(C)cn4)nc3n2)CCN1. The standard InChI is InChI=1S/C18H18N6/c1-11-3-4-14(20-10-11)17-22-15-5-6-16(23-18(15)24-17)21-13-7-8-19-12(2)9-13/h3-6,9-10,19H,7-8H2,1-2H3,(H,22,23,24). The third-order valence-electron chi connectivity index (χ3n) is 3.91. The van der Waals surface area contributed by atoms with Crippen molar-refractivity contribution in [2.45, 2.75) is 20.3 Å². The lowest BCUT2D eigenvalue weighted by molar-refractivity contribution is 0.801. The molecule has 1 aliphatic heterocycles. The van der Waals surface area contributed by atoms with Crippen LogP contribution in [-0.2, 0) is 0 Å². The van der Waals surface area contributed by atoms with Gasteiger partial charge in [0.05, 0.1) is 5.52 Å². The first kappa shape index (κ1) is 14.6. The maximum Gasteiger partial charge on any atom is 0.180 e. The first-order chi connectivity index (χ1) is 11.7. The van der Waals surface area contributed by atoms with E-state index in [1.54, 1.807) is 0 Å². The molecular weight excluding hydrogens is 300 g/mol. The molecule has 3 aromatic rings. The Morgan fingerprint density at radius 3 is 2.79 bits per heavy atom. The number of allylic oxidation sites excluding steroid dienone is 2. The van der Waals surface area contributed by atoms with Crippen molar-refractivity contribution in [1.29, 1.82) is 0 Å². The molecule has 0 saturated carbocycles. The molecule has 0 unspecified atom stereocenters. The zero-order valence-electron chi connectivity index (χ0n) is 13.7. The molecule has 4 rings (SSSR count). The Balaban J connectivity index is 1.70. The van der Waals surface area contributed by atoms with E-state index in [9.17, 15) is 0 Å². The number of imidazole rings is 1. The Morgan fingerprint density at radius 2 is 2.00 bits per heavy atom. The van der Waals surface area contributed by atoms with Gasteiger partial charge in [0, 0.05) is 30.6 Å². The van der Waals surface area contributed by atoms with Crippen molar-refractivity contribution in [1.82, 2.24) is 25.3 Å². The number of pyridine rings is 2. The van der Waals surface area contributed by atoms with Crippen LogP contribution in [-0.4, -0.2) is 32.2 Å². The average Bonchev–Trinajstić information content (AvgIpc) is 2.99. The van der Waals surface area contributed by atoms with E-state index < -0.39 is 0 Å². The number of hydrogen-bond acceptors (Lipinski definition) is 5. The molecular formula is C18H18N6. The van der Waals surface area contributed by atoms with E-state index in [1.165, 1.54) is 0 Å². The van der Waals surface area contributed by atoms with Gasteiger partial charge in [0.25, 0.3) is 0 Å². The summed E-state index contributed by atoms with van der Waals surface area (Å²) in [7, 11) is 0. The fourth-order valence-corrected chi connectivity index (χ4v) is 2.67. The number of aromatic nitrogens is 4. The third-order valence-corrected chi connectivity index (χ3v) is 3.91. The van der Waals surface area contributed by atoms with Crippen LogP contribution in [0, 0.1) is 6.92 Å². The highest BCUT2D eigenvalue weighted by Crippen LogP contribution is 2.21. The molecule has 6 heteroatoms. The molecule has 0 atom stereocenters. The number of aromatic amines is 1. The van der Waals surface area contributed by atoms with Crippen molar-refractivity contribution in [2.24, 2.45) is 4.99 Å². The number of aryl methyl sites for hydroxylation is 1. The number of rotatable bonds is 2. The van der Waals surface area contributed by atoms with Crippen molar-refractivity contribution in [3.05, 3.63) is 47.8 Å². The largest absolute Gasteiger partial charge is 0.388 e. The summed E-state index contributed by atoms with van der Waals surface area (Å²) in [5, 5.41) is 3.29. The summed E-state index contributed by atoms with van der Waals surface area (Å²) in [5.74, 6) is 1.40. The molecule has 0 spiro atoms. The highest BCUT2D eigenvalue weighted by atomic mass is 15.0. The summed E-state index contributed by atoms with van der Waals surface area (Å²) >= 11 is 0. The Morgan fingerprint density at radius 1 is 1.08 bits per heavy atom. The molecule has 0 radical (unpaired) electrons. The van der Waals surface area contributed by atoms with Crippen molar-refractivity contribution in [3.63, 3.8) is 0 Å². The summed E-state index contributed by atoms with van der Waals surface area (Å²) in [6.45, 7) is 4.97. The minimum absolute atomic E-state index is 0.656. The minimum atomic E-state index is 0.656. The summed E-state index contributed by atoms with van der Waals surface area (Å²) < 4.78 is 0. The van der Waals surface area contributed by atoms with E-state index in [-0.39, 0.29) is 0 Å². The van der Waals surface area contributed by atoms with Gasteiger partial charge in [-0.05, 0) is 43.7 Å². The van der Waals surface area contributed by atoms with Crippen LogP contribution in [0.2, 0.25) is 0 Å². The lowest BCUT2D eigenvalue weighted by Crippen LogP contribution is -2.21. The average molecular weight is 318 g/mol. The Labute approximate surface area is 139 Å². The van der Waals surface area contributed by atoms with E-state index in [4.69, 9.17) is 0 Å². The summed E-state index contributed by atoms with van der Waals surface area (Å²) in [4.78, 5) is 21.4. The topological polar surface area (TPSA) is 78.8 Å². The van der Waals surface area contributed by atoms with Crippen LogP contribution in [0.15, 0.2) is 47.2 Å². The van der Waals surface area contributed by atoms with Crippen molar-refractivity contribution >= 4 is 22.7 Å². The number of hydrogen-bond donors (Lipinski definition) is 2. The molecule has 0 saturated heterocycles. The molecule has 4 heterocycles. The summed E-state index contributed by atoms with van der Waals surface area (Å²) in [6, 6.07) is 7.85. The number of nitrogens with zero attached hydrogens (tertiary/aromatic N) is 4. The number of fused-ring (bicyclic) bond motifs is 1. The molecule has 0 aliphatic carbocycles. The third kappa shape index (κ3) is 2.90. The Bertz CT molecular complexity index is 949. The van der Waals surface area contributed by atoms with Crippen molar-refractivity contribution < 1.29 is 0 Å². The Hall–Kier alpha value is -3.02. The van der Waals surface area contributed by atoms with Gasteiger partial charge >= 0.3 is 0 Å². The quantitative estimate of drug-likeness (QED) is 0.760. The second-order valence-corrected chi connectivity index (χ2v) is 5.95. The second-order valence-electron chi connectivity index (χ2n) is 5.95. The summed E-state index contributed by atoms with van der Waals surface area (Å²) in [5.41, 5.74) is 5.64. The van der Waals surface area contributed by atoms with E-state index in [0.29, 0.717) is 11.5 Å². The van der Waals surface area contributed by atoms with Gasteiger partial charge in [-0.1, -0.05) is 6.07 Å². The molecule has 0 fully saturated rings. The highest BCUT2D eigenvalue weighted by Gasteiger charge is 2.09. The van der Waals surface area contributed by atoms with E-state index in [1.807, 2.05) is 44.3 Å². The predicted octanol–water partition coefficient (Wildman–Crippen LogP) is 3.30. The summed E-state index contributed by atoms with van der Waals surface area (Å²) in [6.07, 6.45) is 4.79. The van der Waals surface area contributed by atoms with Gasteiger partial charge < -0.3 is 10.3 Å². The maximum atomic E-state index is 4.63. The minimum Gasteiger partial charge on any atom is -0.388 e. The molecule has 1 aliphatic rings. The zero-order chi connectivity index (χ0) is 16.5. The molecule has 0 amide bonds. The smallest absolute Gasteiger partial charge is 0.180 e. The molecule has 6 nitrogen and oxygen atoms in total. The van der Waals surface area contributed by atoms with Crippen LogP contribution in [0.4, 0.5) is 5.82 Å². The molecule has 3 aromatic heterocycles. The van der Waals surface area contributed by atoms with Crippen LogP contribution >= 0.6 is 0 Å². The highest BCUT2D eigenvalue weighted by molar-refractivity contribution is 5.98. The van der Waals surface area contributed by atoms with Gasteiger partial charge in [-0.15, -0.1) is 0 Å². The van der Waals surface area contributed by atoms with E-state index in [0.717, 1.165) is 47.0 Å². The fourth-order valence-electron chi connectivity index (χ4n) is 2.67. The van der Waals surface area contributed by atoms with Crippen molar-refractivity contribution in [2.75, 3.05) is 6.54 Å². The van der Waals surface area contributed by atoms with Crippen LogP contribution in [0.25, 0.3) is 22.7 Å². The molecule has 0 bridgehead atoms. The maximum absolute atomic E-state index is 4.63. The molecule has 24 heavy (non-hydrogen) atoms. The molecule has 120 valence electrons. The monoisotopic (exact) mass is 318 g/mol. The van der Waals surface area contributed by atoms with Gasteiger partial charge in [0.15, 0.2) is 17.3 Å². The van der Waals surface area contributed by atoms with Gasteiger partial charge in [-0.25, -0.2) is 15.0 Å². The lowest BCUT2D eigenvalue weighted by Gasteiger charge is -2.13. The molecule has 0 aromatic carbocycles. The van der Waals surface area contributed by atoms with Crippen LogP contribution in [0.1, 0.15) is 18.9 Å². The van der Waals surface area contributed by atoms with Crippen molar-refractivity contribution in [3.8, 4) is 11.5 Å². The zero-order valence-corrected chi connectivity index (χ0v) is 13.7. The molecule has 2 N–H and O–H groups in total. The number of nitrogens with one attached hydrogen (secondary N) is 2. The van der Waals surface area contributed by atoms with E-state index in [2.05, 4.69) is 36.3 Å². The van der Waals surface area contributed by atoms with E-state index >= 15 is 0 Å². The van der Waals surface area contributed by atoms with Crippen LogP contribution in [0.5, 0.6) is 0 Å². The fraction of sp³-hybridized carbons (Fsp3) is 0.222. The van der Waals surface area contributed by atoms with Gasteiger partial charge in [0.1, 0.15) is 5.69 Å². The van der Waals surface area contributed by atoms with Gasteiger partial charge in [0.2, 0.25) is 0 Å². The normalized spacial score (nSPS) is 16.2. The van der Waals surface area contributed by atoms with Gasteiger partial charge in [-0.2, -0.15) is 0 Å². The van der Waals surface area contributed by atoms with Crippen LogP contribution in [0.3, 0.4) is 0 Å². The second kappa shape index (κ2) is 5.88. The first-order valence-electron chi connectivity index (χ1n) is 7.97. The first-order valence-corrected chi connectivity index (χ1v) is 7.97. The lowest BCUT2D eigenvalue weighted by atomic mass is 10.1. The van der Waals surface area contributed by atoms with Gasteiger partial charge in [-0.3, -0.25) is 4.98 Å². The number of aliphatic imine (C=N–C) groups is 1. The number of H-pyrrole nitrogens is 1. The predicted molar refractivity (Wildman–Crippen MR) is 95.3 cm³/mol.